The zero-order chi connectivity index (χ0) is 24.3. The van der Waals surface area contributed by atoms with Crippen LogP contribution in [0.4, 0.5) is 0 Å². The molecule has 0 saturated heterocycles. The molecule has 0 unspecified atom stereocenters. The molecule has 0 aliphatic heterocycles. The van der Waals surface area contributed by atoms with E-state index < -0.39 is 0 Å². The number of Topliss-reactive ketones (excluding diaryl/α,β-unsaturated/α-hetero) is 1. The number of allylic oxidation sites excluding steroid dienone is 1. The van der Waals surface area contributed by atoms with E-state index in [2.05, 4.69) is 72.8 Å². The highest BCUT2D eigenvalue weighted by molar-refractivity contribution is 5.98. The third-order valence-corrected chi connectivity index (χ3v) is 6.28. The van der Waals surface area contributed by atoms with Crippen molar-refractivity contribution in [1.82, 2.24) is 0 Å². The van der Waals surface area contributed by atoms with Gasteiger partial charge in [0.1, 0.15) is 11.5 Å². The van der Waals surface area contributed by atoms with Gasteiger partial charge in [0.05, 0.1) is 7.11 Å². The van der Waals surface area contributed by atoms with Crippen LogP contribution in [0.15, 0.2) is 115 Å². The highest BCUT2D eigenvalue weighted by atomic mass is 16.5. The van der Waals surface area contributed by atoms with Crippen molar-refractivity contribution in [2.75, 3.05) is 7.11 Å². The van der Waals surface area contributed by atoms with Gasteiger partial charge in [-0.3, -0.25) is 4.79 Å². The Morgan fingerprint density at radius 3 is 1.74 bits per heavy atom. The second kappa shape index (κ2) is 12.5. The monoisotopic (exact) mass is 460 g/mol. The van der Waals surface area contributed by atoms with E-state index in [-0.39, 0.29) is 0 Å². The summed E-state index contributed by atoms with van der Waals surface area (Å²) in [6.07, 6.45) is 3.65. The van der Waals surface area contributed by atoms with Crippen LogP contribution in [0.2, 0.25) is 0 Å². The van der Waals surface area contributed by atoms with Gasteiger partial charge in [-0.15, -0.1) is 0 Å². The van der Waals surface area contributed by atoms with Gasteiger partial charge in [-0.25, -0.2) is 0 Å². The Bertz CT molecular complexity index is 1220. The van der Waals surface area contributed by atoms with Gasteiger partial charge in [0.15, 0.2) is 0 Å². The first-order valence-corrected chi connectivity index (χ1v) is 12.3. The summed E-state index contributed by atoms with van der Waals surface area (Å²) in [5, 5.41) is 0. The van der Waals surface area contributed by atoms with Crippen LogP contribution >= 0.6 is 0 Å². The smallest absolute Gasteiger partial charge is 0.133 e. The third kappa shape index (κ3) is 6.80. The van der Waals surface area contributed by atoms with E-state index in [1.807, 2.05) is 42.5 Å². The van der Waals surface area contributed by atoms with Gasteiger partial charge in [-0.1, -0.05) is 103 Å². The lowest BCUT2D eigenvalue weighted by Gasteiger charge is -2.18. The molecule has 0 aliphatic carbocycles. The molecule has 2 heteroatoms. The van der Waals surface area contributed by atoms with Crippen LogP contribution in [0.1, 0.15) is 47.9 Å². The topological polar surface area (TPSA) is 26.3 Å². The Labute approximate surface area is 208 Å². The van der Waals surface area contributed by atoms with Gasteiger partial charge in [-0.05, 0) is 64.8 Å². The number of methoxy groups -OCH3 is 1. The Balaban J connectivity index is 1.61. The molecular weight excluding hydrogens is 428 g/mol. The zero-order valence-corrected chi connectivity index (χ0v) is 20.3. The Morgan fingerprint density at radius 1 is 0.600 bits per heavy atom. The molecule has 4 aromatic carbocycles. The number of ether oxygens (including phenoxy) is 1. The summed E-state index contributed by atoms with van der Waals surface area (Å²) in [7, 11) is 1.69. The summed E-state index contributed by atoms with van der Waals surface area (Å²) < 4.78 is 5.39. The van der Waals surface area contributed by atoms with E-state index in [0.29, 0.717) is 18.6 Å². The normalized spacial score (nSPS) is 11.6. The zero-order valence-electron chi connectivity index (χ0n) is 20.3. The number of aryl methyl sites for hydroxylation is 1. The number of carbonyl (C=O) groups is 1. The molecule has 2 nitrogen and oxygen atoms in total. The number of hydrogen-bond acceptors (Lipinski definition) is 2. The highest BCUT2D eigenvalue weighted by Crippen LogP contribution is 2.36. The predicted octanol–water partition coefficient (Wildman–Crippen LogP) is 8.03. The first-order valence-electron chi connectivity index (χ1n) is 12.3. The molecule has 0 atom stereocenters. The standard InChI is InChI=1S/C33H32O2/c1-35-31-24-21-29(22-25-31)33(28-16-9-4-10-17-28)32(27-14-7-3-8-15-27)19-11-18-30(34)23-20-26-12-5-2-6-13-26/h2-10,12-17,21-22,24-25H,11,18-20,23H2,1H3/b33-32-. The fraction of sp³-hybridized carbons (Fsp3) is 0.182. The Kier molecular flexibility index (Phi) is 8.67. The molecule has 4 aromatic rings. The van der Waals surface area contributed by atoms with Gasteiger partial charge >= 0.3 is 0 Å². The van der Waals surface area contributed by atoms with Gasteiger partial charge in [0.25, 0.3) is 0 Å². The average Bonchev–Trinajstić information content (AvgIpc) is 2.93. The van der Waals surface area contributed by atoms with Gasteiger partial charge in [0, 0.05) is 12.8 Å². The van der Waals surface area contributed by atoms with Crippen molar-refractivity contribution in [2.24, 2.45) is 0 Å². The third-order valence-electron chi connectivity index (χ3n) is 6.28. The van der Waals surface area contributed by atoms with E-state index in [1.165, 1.54) is 27.8 Å². The molecule has 0 fully saturated rings. The molecule has 176 valence electrons. The minimum Gasteiger partial charge on any atom is -0.497 e. The molecule has 0 heterocycles. The average molecular weight is 461 g/mol. The minimum absolute atomic E-state index is 0.326. The molecule has 0 aromatic heterocycles. The van der Waals surface area contributed by atoms with E-state index in [0.717, 1.165) is 30.6 Å². The summed E-state index contributed by atoms with van der Waals surface area (Å²) >= 11 is 0. The fourth-order valence-electron chi connectivity index (χ4n) is 4.45. The van der Waals surface area contributed by atoms with Crippen LogP contribution < -0.4 is 4.74 Å². The van der Waals surface area contributed by atoms with Crippen molar-refractivity contribution in [3.63, 3.8) is 0 Å². The largest absolute Gasteiger partial charge is 0.497 e. The number of ketones is 1. The number of carbonyl (C=O) groups excluding carboxylic acids is 1. The first-order chi connectivity index (χ1) is 17.2. The lowest BCUT2D eigenvalue weighted by molar-refractivity contribution is -0.119. The molecule has 0 N–H and O–H groups in total. The summed E-state index contributed by atoms with van der Waals surface area (Å²) in [5.74, 6) is 1.17. The molecule has 0 amide bonds. The van der Waals surface area contributed by atoms with Gasteiger partial charge in [0.2, 0.25) is 0 Å². The van der Waals surface area contributed by atoms with Crippen LogP contribution in [-0.2, 0) is 11.2 Å². The molecule has 35 heavy (non-hydrogen) atoms. The number of hydrogen-bond donors (Lipinski definition) is 0. The molecule has 0 saturated carbocycles. The quantitative estimate of drug-likeness (QED) is 0.212. The van der Waals surface area contributed by atoms with Gasteiger partial charge < -0.3 is 4.74 Å². The lowest BCUT2D eigenvalue weighted by Crippen LogP contribution is -2.01. The Hall–Kier alpha value is -3.91. The second-order valence-electron chi connectivity index (χ2n) is 8.69. The van der Waals surface area contributed by atoms with Crippen LogP contribution in [0.3, 0.4) is 0 Å². The summed E-state index contributed by atoms with van der Waals surface area (Å²) in [5.41, 5.74) is 7.20. The highest BCUT2D eigenvalue weighted by Gasteiger charge is 2.15. The minimum atomic E-state index is 0.326. The first kappa shape index (κ1) is 24.2. The van der Waals surface area contributed by atoms with E-state index in [1.54, 1.807) is 7.11 Å². The fourth-order valence-corrected chi connectivity index (χ4v) is 4.45. The van der Waals surface area contributed by atoms with Crippen LogP contribution in [0.25, 0.3) is 11.1 Å². The Morgan fingerprint density at radius 2 is 1.14 bits per heavy atom. The van der Waals surface area contributed by atoms with Crippen LogP contribution in [0, 0.1) is 0 Å². The molecular formula is C33H32O2. The van der Waals surface area contributed by atoms with E-state index in [9.17, 15) is 4.79 Å². The number of rotatable bonds is 11. The predicted molar refractivity (Wildman–Crippen MR) is 145 cm³/mol. The molecule has 0 aliphatic rings. The maximum atomic E-state index is 12.7. The molecule has 0 radical (unpaired) electrons. The molecule has 0 bridgehead atoms. The maximum Gasteiger partial charge on any atom is 0.133 e. The van der Waals surface area contributed by atoms with Crippen molar-refractivity contribution in [1.29, 1.82) is 0 Å². The van der Waals surface area contributed by atoms with Gasteiger partial charge in [-0.2, -0.15) is 0 Å². The lowest BCUT2D eigenvalue weighted by atomic mass is 9.86. The van der Waals surface area contributed by atoms with Crippen LogP contribution in [0.5, 0.6) is 5.75 Å². The maximum absolute atomic E-state index is 12.7. The van der Waals surface area contributed by atoms with Crippen molar-refractivity contribution in [3.05, 3.63) is 138 Å². The number of benzene rings is 4. The summed E-state index contributed by atoms with van der Waals surface area (Å²) in [6, 6.07) is 39.6. The van der Waals surface area contributed by atoms with E-state index >= 15 is 0 Å². The van der Waals surface area contributed by atoms with Crippen molar-refractivity contribution in [3.8, 4) is 5.75 Å². The summed E-state index contributed by atoms with van der Waals surface area (Å²) in [6.45, 7) is 0. The van der Waals surface area contributed by atoms with Crippen molar-refractivity contribution >= 4 is 16.9 Å². The van der Waals surface area contributed by atoms with Crippen LogP contribution in [-0.4, -0.2) is 12.9 Å². The molecule has 4 rings (SSSR count). The summed E-state index contributed by atoms with van der Waals surface area (Å²) in [4.78, 5) is 12.7. The molecule has 0 spiro atoms. The SMILES string of the molecule is COc1ccc(/C(=C(/CCCC(=O)CCc2ccccc2)c2ccccc2)c2ccccc2)cc1. The van der Waals surface area contributed by atoms with E-state index in [4.69, 9.17) is 4.74 Å². The van der Waals surface area contributed by atoms with Crippen molar-refractivity contribution in [2.45, 2.75) is 32.1 Å². The second-order valence-corrected chi connectivity index (χ2v) is 8.69. The van der Waals surface area contributed by atoms with Crippen molar-refractivity contribution < 1.29 is 9.53 Å².